The first-order valence-corrected chi connectivity index (χ1v) is 4.82. The van der Waals surface area contributed by atoms with Crippen LogP contribution in [0.2, 0.25) is 0 Å². The fraction of sp³-hybridized carbons (Fsp3) is 0.800. The minimum Gasteiger partial charge on any atom is -0.387 e. The van der Waals surface area contributed by atoms with Crippen molar-refractivity contribution in [2.75, 3.05) is 6.61 Å². The summed E-state index contributed by atoms with van der Waals surface area (Å²) in [6.45, 7) is 4.37. The molecule has 1 saturated carbocycles. The minimum atomic E-state index is -0.517. The summed E-state index contributed by atoms with van der Waals surface area (Å²) < 4.78 is 11.2. The fourth-order valence-electron chi connectivity index (χ4n) is 2.32. The summed E-state index contributed by atoms with van der Waals surface area (Å²) in [7, 11) is 0. The maximum Gasteiger partial charge on any atom is 0.123 e. The van der Waals surface area contributed by atoms with Gasteiger partial charge in [0.2, 0.25) is 0 Å². The Bertz CT molecular complexity index is 253. The van der Waals surface area contributed by atoms with Crippen molar-refractivity contribution >= 4 is 0 Å². The second-order valence-corrected chi connectivity index (χ2v) is 4.48. The zero-order valence-electron chi connectivity index (χ0n) is 7.53. The van der Waals surface area contributed by atoms with E-state index in [1.54, 1.807) is 6.08 Å². The van der Waals surface area contributed by atoms with Crippen LogP contribution in [0.4, 0.5) is 0 Å². The van der Waals surface area contributed by atoms with Crippen LogP contribution >= 0.6 is 0 Å². The molecule has 3 fully saturated rings. The van der Waals surface area contributed by atoms with Gasteiger partial charge in [-0.1, -0.05) is 6.08 Å². The molecule has 0 radical (unpaired) electrons. The van der Waals surface area contributed by atoms with Crippen LogP contribution in [0.1, 0.15) is 19.3 Å². The number of aliphatic hydroxyl groups is 1. The van der Waals surface area contributed by atoms with Gasteiger partial charge in [0.25, 0.3) is 0 Å². The molecule has 0 unspecified atom stereocenters. The van der Waals surface area contributed by atoms with Crippen LogP contribution in [0.15, 0.2) is 12.7 Å². The summed E-state index contributed by atoms with van der Waals surface area (Å²) >= 11 is 0. The highest BCUT2D eigenvalue weighted by molar-refractivity contribution is 5.17. The average molecular weight is 182 g/mol. The van der Waals surface area contributed by atoms with Crippen LogP contribution in [-0.4, -0.2) is 35.1 Å². The molecule has 2 aliphatic heterocycles. The minimum absolute atomic E-state index is 0.0224. The van der Waals surface area contributed by atoms with Gasteiger partial charge in [0.1, 0.15) is 17.8 Å². The number of rotatable bonds is 1. The Balaban J connectivity index is 1.87. The van der Waals surface area contributed by atoms with Crippen molar-refractivity contribution in [2.45, 2.75) is 42.7 Å². The number of aliphatic hydroxyl groups excluding tert-OH is 1. The predicted octanol–water partition coefficient (Wildman–Crippen LogP) is 0.624. The van der Waals surface area contributed by atoms with Gasteiger partial charge < -0.3 is 14.6 Å². The molecule has 0 aromatic heterocycles. The average Bonchev–Trinajstić information content (AvgIpc) is 3.01. The van der Waals surface area contributed by atoms with Crippen molar-refractivity contribution in [2.24, 2.45) is 0 Å². The van der Waals surface area contributed by atoms with E-state index in [9.17, 15) is 5.11 Å². The van der Waals surface area contributed by atoms with Gasteiger partial charge in [-0.2, -0.15) is 0 Å². The summed E-state index contributed by atoms with van der Waals surface area (Å²) in [5, 5.41) is 9.90. The second-order valence-electron chi connectivity index (χ2n) is 4.48. The number of ether oxygens (including phenoxy) is 2. The molecule has 2 saturated heterocycles. The van der Waals surface area contributed by atoms with E-state index in [0.29, 0.717) is 6.61 Å². The van der Waals surface area contributed by atoms with E-state index in [4.69, 9.17) is 9.47 Å². The maximum atomic E-state index is 9.90. The third kappa shape index (κ3) is 1.01. The molecule has 1 N–H and O–H groups in total. The number of epoxide rings is 1. The topological polar surface area (TPSA) is 42.0 Å². The molecule has 72 valence electrons. The van der Waals surface area contributed by atoms with E-state index in [2.05, 4.69) is 6.58 Å². The monoisotopic (exact) mass is 182 g/mol. The van der Waals surface area contributed by atoms with E-state index >= 15 is 0 Å². The van der Waals surface area contributed by atoms with Gasteiger partial charge in [0.05, 0.1) is 12.2 Å². The third-order valence-corrected chi connectivity index (χ3v) is 3.41. The molecule has 0 aromatic carbocycles. The fourth-order valence-corrected chi connectivity index (χ4v) is 2.32. The van der Waals surface area contributed by atoms with Gasteiger partial charge >= 0.3 is 0 Å². The number of hydrogen-bond donors (Lipinski definition) is 1. The summed E-state index contributed by atoms with van der Waals surface area (Å²) in [6.07, 6.45) is 4.01. The predicted molar refractivity (Wildman–Crippen MR) is 46.3 cm³/mol. The summed E-state index contributed by atoms with van der Waals surface area (Å²) in [4.78, 5) is 0. The molecule has 13 heavy (non-hydrogen) atoms. The Labute approximate surface area is 77.3 Å². The van der Waals surface area contributed by atoms with Crippen molar-refractivity contribution in [3.05, 3.63) is 12.7 Å². The van der Waals surface area contributed by atoms with E-state index < -0.39 is 6.10 Å². The maximum absolute atomic E-state index is 9.90. The van der Waals surface area contributed by atoms with E-state index in [1.165, 1.54) is 0 Å². The summed E-state index contributed by atoms with van der Waals surface area (Å²) in [6, 6.07) is 0. The van der Waals surface area contributed by atoms with Crippen LogP contribution < -0.4 is 0 Å². The first-order chi connectivity index (χ1) is 6.20. The first-order valence-electron chi connectivity index (χ1n) is 4.82. The molecule has 0 aromatic rings. The van der Waals surface area contributed by atoms with E-state index in [0.717, 1.165) is 19.3 Å². The van der Waals surface area contributed by atoms with Gasteiger partial charge in [0.15, 0.2) is 0 Å². The van der Waals surface area contributed by atoms with E-state index in [-0.39, 0.29) is 17.3 Å². The van der Waals surface area contributed by atoms with Crippen molar-refractivity contribution < 1.29 is 14.6 Å². The van der Waals surface area contributed by atoms with Crippen molar-refractivity contribution in [3.8, 4) is 0 Å². The molecule has 1 aliphatic carbocycles. The van der Waals surface area contributed by atoms with Gasteiger partial charge in [-0.25, -0.2) is 0 Å². The molecule has 3 rings (SSSR count). The molecule has 2 heterocycles. The normalized spacial score (nSPS) is 50.8. The lowest BCUT2D eigenvalue weighted by Crippen LogP contribution is -2.50. The third-order valence-electron chi connectivity index (χ3n) is 3.41. The van der Waals surface area contributed by atoms with Gasteiger partial charge in [-0.05, 0) is 12.8 Å². The SMILES string of the molecule is C=C[C@H]1OC2(CC2)C[C@@]2(CO2)[C@@H]1O. The highest BCUT2D eigenvalue weighted by Crippen LogP contribution is 2.56. The van der Waals surface area contributed by atoms with Crippen LogP contribution in [0.25, 0.3) is 0 Å². The highest BCUT2D eigenvalue weighted by Gasteiger charge is 2.65. The number of hydrogen-bond acceptors (Lipinski definition) is 3. The molecule has 3 nitrogen and oxygen atoms in total. The van der Waals surface area contributed by atoms with Gasteiger partial charge in [-0.3, -0.25) is 0 Å². The van der Waals surface area contributed by atoms with Crippen LogP contribution in [0.5, 0.6) is 0 Å². The summed E-state index contributed by atoms with van der Waals surface area (Å²) in [5.41, 5.74) is -0.262. The smallest absolute Gasteiger partial charge is 0.123 e. The molecule has 2 spiro atoms. The Hall–Kier alpha value is -0.380. The Kier molecular flexibility index (Phi) is 1.33. The lowest BCUT2D eigenvalue weighted by atomic mass is 9.88. The highest BCUT2D eigenvalue weighted by atomic mass is 16.6. The lowest BCUT2D eigenvalue weighted by molar-refractivity contribution is -0.144. The molecule has 3 aliphatic rings. The Morgan fingerprint density at radius 2 is 2.15 bits per heavy atom. The van der Waals surface area contributed by atoms with Crippen molar-refractivity contribution in [1.29, 1.82) is 0 Å². The van der Waals surface area contributed by atoms with Crippen molar-refractivity contribution in [1.82, 2.24) is 0 Å². The quantitative estimate of drug-likeness (QED) is 0.477. The zero-order chi connectivity index (χ0) is 9.10. The molecule has 3 heteroatoms. The van der Waals surface area contributed by atoms with Crippen LogP contribution in [0, 0.1) is 0 Å². The first kappa shape index (κ1) is 7.97. The standard InChI is InChI=1S/C10H14O3/c1-2-7-8(11)10(6-12-10)5-9(13-7)3-4-9/h2,7-8,11H,1,3-6H2/t7-,8-,10-/m1/s1. The molecule has 0 amide bonds. The zero-order valence-corrected chi connectivity index (χ0v) is 7.53. The van der Waals surface area contributed by atoms with E-state index in [1.807, 2.05) is 0 Å². The van der Waals surface area contributed by atoms with Crippen molar-refractivity contribution in [3.63, 3.8) is 0 Å². The summed E-state index contributed by atoms with van der Waals surface area (Å²) in [5.74, 6) is 0. The Morgan fingerprint density at radius 3 is 2.62 bits per heavy atom. The molecular weight excluding hydrogens is 168 g/mol. The van der Waals surface area contributed by atoms with Gasteiger partial charge in [0, 0.05) is 6.42 Å². The van der Waals surface area contributed by atoms with Gasteiger partial charge in [-0.15, -0.1) is 6.58 Å². The van der Waals surface area contributed by atoms with Crippen LogP contribution in [-0.2, 0) is 9.47 Å². The Morgan fingerprint density at radius 1 is 1.46 bits per heavy atom. The molecular formula is C10H14O3. The second kappa shape index (κ2) is 2.16. The lowest BCUT2D eigenvalue weighted by Gasteiger charge is -2.37. The largest absolute Gasteiger partial charge is 0.387 e. The molecule has 0 bridgehead atoms. The van der Waals surface area contributed by atoms with Crippen LogP contribution in [0.3, 0.4) is 0 Å². The molecule has 3 atom stereocenters.